The minimum Gasteiger partial charge on any atom is -0.479 e. The molecular formula is C16H16BrNO2. The average Bonchev–Trinajstić information content (AvgIpc) is 2.46. The van der Waals surface area contributed by atoms with Crippen LogP contribution in [0.1, 0.15) is 24.1 Å². The SMILES string of the molecule is CCc1ccc(C(Nc2ccccc2Br)C(=O)O)cc1. The van der Waals surface area contributed by atoms with Crippen molar-refractivity contribution >= 4 is 27.6 Å². The summed E-state index contributed by atoms with van der Waals surface area (Å²) in [5.41, 5.74) is 2.70. The van der Waals surface area contributed by atoms with Gasteiger partial charge in [0.25, 0.3) is 0 Å². The molecule has 3 nitrogen and oxygen atoms in total. The molecule has 0 spiro atoms. The standard InChI is InChI=1S/C16H16BrNO2/c1-2-11-7-9-12(10-8-11)15(16(19)20)18-14-6-4-3-5-13(14)17/h3-10,15,18H,2H2,1H3,(H,19,20). The fourth-order valence-corrected chi connectivity index (χ4v) is 2.37. The lowest BCUT2D eigenvalue weighted by Crippen LogP contribution is -2.20. The number of aliphatic carboxylic acids is 1. The van der Waals surface area contributed by atoms with Gasteiger partial charge in [-0.2, -0.15) is 0 Å². The molecule has 2 aromatic rings. The van der Waals surface area contributed by atoms with Crippen molar-refractivity contribution in [3.8, 4) is 0 Å². The summed E-state index contributed by atoms with van der Waals surface area (Å²) >= 11 is 3.41. The molecule has 0 saturated carbocycles. The predicted octanol–water partition coefficient (Wildman–Crippen LogP) is 4.25. The Bertz CT molecular complexity index is 596. The van der Waals surface area contributed by atoms with Gasteiger partial charge in [-0.3, -0.25) is 0 Å². The van der Waals surface area contributed by atoms with E-state index in [0.717, 1.165) is 22.1 Å². The Morgan fingerprint density at radius 2 is 1.85 bits per heavy atom. The Labute approximate surface area is 126 Å². The van der Waals surface area contributed by atoms with Gasteiger partial charge in [0.05, 0.1) is 0 Å². The topological polar surface area (TPSA) is 49.3 Å². The molecule has 2 rings (SSSR count). The maximum Gasteiger partial charge on any atom is 0.330 e. The zero-order valence-electron chi connectivity index (χ0n) is 11.1. The normalized spacial score (nSPS) is 11.9. The van der Waals surface area contributed by atoms with E-state index in [1.54, 1.807) is 0 Å². The molecule has 2 aromatic carbocycles. The van der Waals surface area contributed by atoms with Gasteiger partial charge in [0, 0.05) is 10.2 Å². The van der Waals surface area contributed by atoms with Crippen LogP contribution in [0.15, 0.2) is 53.0 Å². The van der Waals surface area contributed by atoms with Crippen molar-refractivity contribution in [3.05, 3.63) is 64.1 Å². The molecule has 0 fully saturated rings. The van der Waals surface area contributed by atoms with Crippen molar-refractivity contribution < 1.29 is 9.90 Å². The molecule has 0 heterocycles. The molecule has 0 radical (unpaired) electrons. The number of halogens is 1. The number of benzene rings is 2. The number of hydrogen-bond donors (Lipinski definition) is 2. The molecule has 0 aliphatic carbocycles. The van der Waals surface area contributed by atoms with Crippen LogP contribution in [-0.2, 0) is 11.2 Å². The van der Waals surface area contributed by atoms with Gasteiger partial charge in [0.1, 0.15) is 0 Å². The monoisotopic (exact) mass is 333 g/mol. The van der Waals surface area contributed by atoms with E-state index < -0.39 is 12.0 Å². The zero-order chi connectivity index (χ0) is 14.5. The van der Waals surface area contributed by atoms with Gasteiger partial charge >= 0.3 is 5.97 Å². The van der Waals surface area contributed by atoms with E-state index in [4.69, 9.17) is 0 Å². The number of aryl methyl sites for hydroxylation is 1. The summed E-state index contributed by atoms with van der Waals surface area (Å²) in [7, 11) is 0. The second kappa shape index (κ2) is 6.57. The highest BCUT2D eigenvalue weighted by molar-refractivity contribution is 9.10. The van der Waals surface area contributed by atoms with Crippen molar-refractivity contribution in [1.82, 2.24) is 0 Å². The number of nitrogens with one attached hydrogen (secondary N) is 1. The Balaban J connectivity index is 2.27. The van der Waals surface area contributed by atoms with Gasteiger partial charge in [0.15, 0.2) is 6.04 Å². The molecule has 0 aliphatic rings. The maximum absolute atomic E-state index is 11.5. The third kappa shape index (κ3) is 3.39. The Hall–Kier alpha value is -1.81. The third-order valence-corrected chi connectivity index (χ3v) is 3.83. The number of anilines is 1. The lowest BCUT2D eigenvalue weighted by atomic mass is 10.0. The zero-order valence-corrected chi connectivity index (χ0v) is 12.7. The van der Waals surface area contributed by atoms with Gasteiger partial charge in [0.2, 0.25) is 0 Å². The van der Waals surface area contributed by atoms with Crippen LogP contribution in [0.3, 0.4) is 0 Å². The highest BCUT2D eigenvalue weighted by Gasteiger charge is 2.20. The molecule has 0 bridgehead atoms. The summed E-state index contributed by atoms with van der Waals surface area (Å²) in [6.07, 6.45) is 0.940. The van der Waals surface area contributed by atoms with E-state index in [0.29, 0.717) is 0 Å². The molecule has 1 unspecified atom stereocenters. The van der Waals surface area contributed by atoms with E-state index in [2.05, 4.69) is 28.2 Å². The molecule has 0 saturated heterocycles. The van der Waals surface area contributed by atoms with Crippen LogP contribution in [-0.4, -0.2) is 11.1 Å². The number of rotatable bonds is 5. The van der Waals surface area contributed by atoms with Gasteiger partial charge < -0.3 is 10.4 Å². The van der Waals surface area contributed by atoms with Crippen LogP contribution in [0, 0.1) is 0 Å². The Kier molecular flexibility index (Phi) is 4.79. The summed E-state index contributed by atoms with van der Waals surface area (Å²) in [4.78, 5) is 11.5. The smallest absolute Gasteiger partial charge is 0.330 e. The lowest BCUT2D eigenvalue weighted by molar-refractivity contribution is -0.138. The predicted molar refractivity (Wildman–Crippen MR) is 84.0 cm³/mol. The molecule has 20 heavy (non-hydrogen) atoms. The van der Waals surface area contributed by atoms with Gasteiger partial charge in [-0.25, -0.2) is 4.79 Å². The number of para-hydroxylation sites is 1. The summed E-state index contributed by atoms with van der Waals surface area (Å²) in [5, 5.41) is 12.5. The van der Waals surface area contributed by atoms with E-state index in [-0.39, 0.29) is 0 Å². The minimum absolute atomic E-state index is 0.741. The average molecular weight is 334 g/mol. The van der Waals surface area contributed by atoms with Crippen molar-refractivity contribution in [2.45, 2.75) is 19.4 Å². The Morgan fingerprint density at radius 3 is 2.40 bits per heavy atom. The van der Waals surface area contributed by atoms with E-state index in [9.17, 15) is 9.90 Å². The van der Waals surface area contributed by atoms with Crippen LogP contribution < -0.4 is 5.32 Å². The Morgan fingerprint density at radius 1 is 1.20 bits per heavy atom. The highest BCUT2D eigenvalue weighted by Crippen LogP contribution is 2.26. The summed E-state index contributed by atoms with van der Waals surface area (Å²) in [6.45, 7) is 2.07. The molecule has 0 aliphatic heterocycles. The van der Waals surface area contributed by atoms with Crippen LogP contribution in [0.25, 0.3) is 0 Å². The van der Waals surface area contributed by atoms with E-state index >= 15 is 0 Å². The van der Waals surface area contributed by atoms with Crippen LogP contribution in [0.5, 0.6) is 0 Å². The van der Waals surface area contributed by atoms with Gasteiger partial charge in [-0.15, -0.1) is 0 Å². The first-order valence-electron chi connectivity index (χ1n) is 6.44. The van der Waals surface area contributed by atoms with Crippen molar-refractivity contribution in [2.75, 3.05) is 5.32 Å². The fourth-order valence-electron chi connectivity index (χ4n) is 1.97. The second-order valence-electron chi connectivity index (χ2n) is 4.49. The maximum atomic E-state index is 11.5. The quantitative estimate of drug-likeness (QED) is 0.859. The molecule has 104 valence electrons. The van der Waals surface area contributed by atoms with Gasteiger partial charge in [-0.1, -0.05) is 43.3 Å². The third-order valence-electron chi connectivity index (χ3n) is 3.14. The van der Waals surface area contributed by atoms with Crippen molar-refractivity contribution in [1.29, 1.82) is 0 Å². The summed E-state index contributed by atoms with van der Waals surface area (Å²) < 4.78 is 0.844. The lowest BCUT2D eigenvalue weighted by Gasteiger charge is -2.17. The molecule has 0 amide bonds. The van der Waals surface area contributed by atoms with Crippen LogP contribution in [0.2, 0.25) is 0 Å². The number of carboxylic acid groups (broad SMARTS) is 1. The van der Waals surface area contributed by atoms with E-state index in [1.807, 2.05) is 48.5 Å². The minimum atomic E-state index is -0.898. The largest absolute Gasteiger partial charge is 0.479 e. The number of carbonyl (C=O) groups is 1. The molecule has 0 aromatic heterocycles. The molecule has 1 atom stereocenters. The first-order chi connectivity index (χ1) is 9.61. The van der Waals surface area contributed by atoms with Crippen molar-refractivity contribution in [2.24, 2.45) is 0 Å². The molecule has 2 N–H and O–H groups in total. The van der Waals surface area contributed by atoms with Gasteiger partial charge in [-0.05, 0) is 45.6 Å². The number of carboxylic acids is 1. The second-order valence-corrected chi connectivity index (χ2v) is 5.34. The fraction of sp³-hybridized carbons (Fsp3) is 0.188. The highest BCUT2D eigenvalue weighted by atomic mass is 79.9. The van der Waals surface area contributed by atoms with Crippen molar-refractivity contribution in [3.63, 3.8) is 0 Å². The molecule has 4 heteroatoms. The van der Waals surface area contributed by atoms with Crippen LogP contribution in [0.4, 0.5) is 5.69 Å². The first-order valence-corrected chi connectivity index (χ1v) is 7.24. The summed E-state index contributed by atoms with van der Waals surface area (Å²) in [6, 6.07) is 14.4. The number of hydrogen-bond acceptors (Lipinski definition) is 2. The van der Waals surface area contributed by atoms with E-state index in [1.165, 1.54) is 5.56 Å². The molecular weight excluding hydrogens is 318 g/mol. The van der Waals surface area contributed by atoms with Crippen LogP contribution >= 0.6 is 15.9 Å². The first kappa shape index (κ1) is 14.6. The summed E-state index contributed by atoms with van der Waals surface area (Å²) in [5.74, 6) is -0.898.